The topological polar surface area (TPSA) is 69.6 Å². The molecule has 1 fully saturated rings. The normalized spacial score (nSPS) is 20.0. The van der Waals surface area contributed by atoms with Gasteiger partial charge in [-0.2, -0.15) is 0 Å². The van der Waals surface area contributed by atoms with Crippen molar-refractivity contribution in [1.82, 2.24) is 5.32 Å². The number of carboxylic acids is 1. The van der Waals surface area contributed by atoms with Crippen molar-refractivity contribution in [3.8, 4) is 0 Å². The van der Waals surface area contributed by atoms with Crippen molar-refractivity contribution in [2.45, 2.75) is 19.3 Å². The zero-order valence-corrected chi connectivity index (χ0v) is 11.9. The van der Waals surface area contributed by atoms with Crippen LogP contribution in [0.5, 0.6) is 0 Å². The summed E-state index contributed by atoms with van der Waals surface area (Å²) in [6.07, 6.45) is 0.0535. The Hall–Kier alpha value is -2.14. The molecule has 0 aromatic heterocycles. The largest absolute Gasteiger partial charge is 0.481 e. The van der Waals surface area contributed by atoms with Crippen molar-refractivity contribution in [3.05, 3.63) is 41.0 Å². The molecule has 21 heavy (non-hydrogen) atoms. The first-order chi connectivity index (χ1) is 10.1. The molecule has 0 radical (unpaired) electrons. The van der Waals surface area contributed by atoms with Gasteiger partial charge in [-0.05, 0) is 24.1 Å². The summed E-state index contributed by atoms with van der Waals surface area (Å²) < 4.78 is 0. The lowest BCUT2D eigenvalue weighted by Gasteiger charge is -2.25. The predicted octanol–water partition coefficient (Wildman–Crippen LogP) is 1.51. The lowest BCUT2D eigenvalue weighted by molar-refractivity contribution is -0.137. The molecule has 5 nitrogen and oxygen atoms in total. The number of benzene rings is 1. The summed E-state index contributed by atoms with van der Waals surface area (Å²) in [6, 6.07) is 7.59. The van der Waals surface area contributed by atoms with Crippen LogP contribution in [0.3, 0.4) is 0 Å². The molecule has 0 saturated carbocycles. The summed E-state index contributed by atoms with van der Waals surface area (Å²) in [6.45, 7) is 3.84. The van der Waals surface area contributed by atoms with E-state index in [1.807, 2.05) is 31.2 Å². The van der Waals surface area contributed by atoms with E-state index in [0.717, 1.165) is 35.5 Å². The molecule has 0 bridgehead atoms. The number of para-hydroxylation sites is 1. The number of carbonyl (C=O) groups is 2. The van der Waals surface area contributed by atoms with E-state index in [9.17, 15) is 9.59 Å². The maximum atomic E-state index is 12.7. The highest BCUT2D eigenvalue weighted by molar-refractivity contribution is 6.07. The van der Waals surface area contributed by atoms with Crippen molar-refractivity contribution in [2.24, 2.45) is 0 Å². The Kier molecular flexibility index (Phi) is 3.51. The Bertz CT molecular complexity index is 630. The van der Waals surface area contributed by atoms with Gasteiger partial charge in [0.25, 0.3) is 5.91 Å². The number of anilines is 1. The molecule has 1 aromatic carbocycles. The Labute approximate surface area is 123 Å². The van der Waals surface area contributed by atoms with Gasteiger partial charge in [-0.15, -0.1) is 0 Å². The molecule has 1 atom stereocenters. The van der Waals surface area contributed by atoms with Gasteiger partial charge in [0.05, 0.1) is 6.42 Å². The van der Waals surface area contributed by atoms with Crippen molar-refractivity contribution < 1.29 is 14.7 Å². The second-order valence-corrected chi connectivity index (χ2v) is 5.60. The number of rotatable bonds is 3. The number of fused-ring (bicyclic) bond motifs is 1. The molecule has 3 rings (SSSR count). The molecule has 1 unspecified atom stereocenters. The third kappa shape index (κ3) is 2.45. The first-order valence-electron chi connectivity index (χ1n) is 7.10. The van der Waals surface area contributed by atoms with Gasteiger partial charge >= 0.3 is 5.97 Å². The van der Waals surface area contributed by atoms with Gasteiger partial charge in [0.1, 0.15) is 0 Å². The monoisotopic (exact) mass is 286 g/mol. The third-order valence-corrected chi connectivity index (χ3v) is 4.26. The fourth-order valence-electron chi connectivity index (χ4n) is 2.94. The van der Waals surface area contributed by atoms with Crippen LogP contribution in [-0.2, 0) is 9.59 Å². The minimum Gasteiger partial charge on any atom is -0.481 e. The van der Waals surface area contributed by atoms with Crippen molar-refractivity contribution in [2.75, 3.05) is 24.5 Å². The second kappa shape index (κ2) is 5.33. The molecule has 1 saturated heterocycles. The summed E-state index contributed by atoms with van der Waals surface area (Å²) in [5, 5.41) is 12.2. The maximum absolute atomic E-state index is 12.7. The highest BCUT2D eigenvalue weighted by atomic mass is 16.4. The van der Waals surface area contributed by atoms with Crippen LogP contribution < -0.4 is 10.2 Å². The Morgan fingerprint density at radius 1 is 1.33 bits per heavy atom. The van der Waals surface area contributed by atoms with Crippen LogP contribution in [0.1, 0.15) is 24.8 Å². The molecule has 1 aromatic rings. The quantitative estimate of drug-likeness (QED) is 0.826. The number of nitrogens with zero attached hydrogens (tertiary/aromatic N) is 1. The number of aliphatic carboxylic acids is 1. The molecule has 0 aliphatic carbocycles. The number of hydrogen-bond acceptors (Lipinski definition) is 3. The van der Waals surface area contributed by atoms with Crippen molar-refractivity contribution in [3.63, 3.8) is 0 Å². The first kappa shape index (κ1) is 13.8. The van der Waals surface area contributed by atoms with Crippen LogP contribution in [0.15, 0.2) is 35.4 Å². The van der Waals surface area contributed by atoms with Crippen LogP contribution in [-0.4, -0.2) is 36.6 Å². The SMILES string of the molecule is CC(C(=O)N1CC(CC(=O)O)c2ccccc21)=C1CNC1. The van der Waals surface area contributed by atoms with Crippen LogP contribution in [0.2, 0.25) is 0 Å². The molecule has 2 heterocycles. The average Bonchev–Trinajstić information content (AvgIpc) is 2.74. The molecule has 1 amide bonds. The van der Waals surface area contributed by atoms with Crippen LogP contribution in [0, 0.1) is 0 Å². The molecule has 5 heteroatoms. The standard InChI is InChI=1S/C16H18N2O3/c1-10(12-7-17-8-12)16(21)18-9-11(6-15(19)20)13-4-2-3-5-14(13)18/h2-5,11,17H,6-9H2,1H3,(H,19,20). The summed E-state index contributed by atoms with van der Waals surface area (Å²) in [7, 11) is 0. The maximum Gasteiger partial charge on any atom is 0.304 e. The van der Waals surface area contributed by atoms with E-state index < -0.39 is 5.97 Å². The smallest absolute Gasteiger partial charge is 0.304 e. The molecule has 2 N–H and O–H groups in total. The number of hydrogen-bond donors (Lipinski definition) is 2. The minimum absolute atomic E-state index is 0.00756. The van der Waals surface area contributed by atoms with Gasteiger partial charge in [0, 0.05) is 36.8 Å². The molecule has 110 valence electrons. The average molecular weight is 286 g/mol. The highest BCUT2D eigenvalue weighted by Gasteiger charge is 2.34. The van der Waals surface area contributed by atoms with Gasteiger partial charge in [0.2, 0.25) is 0 Å². The van der Waals surface area contributed by atoms with E-state index in [1.54, 1.807) is 4.90 Å². The predicted molar refractivity (Wildman–Crippen MR) is 79.4 cm³/mol. The highest BCUT2D eigenvalue weighted by Crippen LogP contribution is 2.38. The lowest BCUT2D eigenvalue weighted by atomic mass is 9.98. The van der Waals surface area contributed by atoms with Crippen LogP contribution in [0.25, 0.3) is 0 Å². The summed E-state index contributed by atoms with van der Waals surface area (Å²) in [5.41, 5.74) is 3.72. The van der Waals surface area contributed by atoms with E-state index in [-0.39, 0.29) is 18.2 Å². The van der Waals surface area contributed by atoms with Gasteiger partial charge in [-0.3, -0.25) is 9.59 Å². The van der Waals surface area contributed by atoms with E-state index in [4.69, 9.17) is 5.11 Å². The molecule has 0 spiro atoms. The number of nitrogens with one attached hydrogen (secondary N) is 1. The summed E-state index contributed by atoms with van der Waals surface area (Å²) in [5.74, 6) is -0.964. The number of amides is 1. The molecular weight excluding hydrogens is 268 g/mol. The fourth-order valence-corrected chi connectivity index (χ4v) is 2.94. The lowest BCUT2D eigenvalue weighted by Crippen LogP contribution is -2.39. The van der Waals surface area contributed by atoms with Crippen molar-refractivity contribution >= 4 is 17.6 Å². The molecular formula is C16H18N2O3. The Morgan fingerprint density at radius 2 is 2.05 bits per heavy atom. The number of carbonyl (C=O) groups excluding carboxylic acids is 1. The molecule has 2 aliphatic rings. The first-order valence-corrected chi connectivity index (χ1v) is 7.10. The second-order valence-electron chi connectivity index (χ2n) is 5.60. The van der Waals surface area contributed by atoms with E-state index >= 15 is 0 Å². The van der Waals surface area contributed by atoms with Gasteiger partial charge in [-0.25, -0.2) is 0 Å². The third-order valence-electron chi connectivity index (χ3n) is 4.26. The Morgan fingerprint density at radius 3 is 2.67 bits per heavy atom. The van der Waals surface area contributed by atoms with E-state index in [2.05, 4.69) is 5.32 Å². The van der Waals surface area contributed by atoms with Crippen LogP contribution >= 0.6 is 0 Å². The zero-order valence-electron chi connectivity index (χ0n) is 11.9. The number of carboxylic acid groups (broad SMARTS) is 1. The van der Waals surface area contributed by atoms with E-state index in [1.165, 1.54) is 0 Å². The van der Waals surface area contributed by atoms with Crippen LogP contribution in [0.4, 0.5) is 5.69 Å². The van der Waals surface area contributed by atoms with Gasteiger partial charge in [0.15, 0.2) is 0 Å². The molecule has 2 aliphatic heterocycles. The van der Waals surface area contributed by atoms with Crippen molar-refractivity contribution in [1.29, 1.82) is 0 Å². The van der Waals surface area contributed by atoms with Gasteiger partial charge < -0.3 is 15.3 Å². The Balaban J connectivity index is 1.90. The zero-order chi connectivity index (χ0) is 15.0. The minimum atomic E-state index is -0.831. The van der Waals surface area contributed by atoms with Gasteiger partial charge in [-0.1, -0.05) is 18.2 Å². The summed E-state index contributed by atoms with van der Waals surface area (Å²) in [4.78, 5) is 25.4. The van der Waals surface area contributed by atoms with E-state index in [0.29, 0.717) is 6.54 Å². The fraction of sp³-hybridized carbons (Fsp3) is 0.375. The summed E-state index contributed by atoms with van der Waals surface area (Å²) >= 11 is 0.